The average molecular weight is 279 g/mol. The van der Waals surface area contributed by atoms with E-state index in [-0.39, 0.29) is 6.09 Å². The fourth-order valence-corrected chi connectivity index (χ4v) is 1.66. The van der Waals surface area contributed by atoms with Crippen LogP contribution in [0.15, 0.2) is 18.3 Å². The van der Waals surface area contributed by atoms with Gasteiger partial charge in [-0.25, -0.2) is 4.79 Å². The fourth-order valence-electron chi connectivity index (χ4n) is 1.66. The molecule has 1 heterocycles. The minimum absolute atomic E-state index is 0.340. The summed E-state index contributed by atoms with van der Waals surface area (Å²) in [5, 5.41) is 0. The standard InChI is InChI=1S/C15H25N3O2/c1-5-6-9-18(14(19)20-15(2,3)4)13-8-7-12(10-16)17-11-13/h7-8,11H,5-6,9-10,16H2,1-4H3. The number of hydrogen-bond acceptors (Lipinski definition) is 4. The Morgan fingerprint density at radius 2 is 2.10 bits per heavy atom. The van der Waals surface area contributed by atoms with Crippen LogP contribution < -0.4 is 10.6 Å². The van der Waals surface area contributed by atoms with Gasteiger partial charge in [0.1, 0.15) is 5.60 Å². The van der Waals surface area contributed by atoms with Crippen LogP contribution in [0.3, 0.4) is 0 Å². The highest BCUT2D eigenvalue weighted by atomic mass is 16.6. The lowest BCUT2D eigenvalue weighted by atomic mass is 10.2. The summed E-state index contributed by atoms with van der Waals surface area (Å²) in [6.07, 6.45) is 3.25. The van der Waals surface area contributed by atoms with Crippen LogP contribution in [0.25, 0.3) is 0 Å². The number of anilines is 1. The molecule has 1 amide bonds. The minimum atomic E-state index is -0.508. The average Bonchev–Trinajstić information content (AvgIpc) is 2.38. The van der Waals surface area contributed by atoms with Crippen LogP contribution in [0.4, 0.5) is 10.5 Å². The predicted octanol–water partition coefficient (Wildman–Crippen LogP) is 3.08. The Balaban J connectivity index is 2.89. The molecule has 112 valence electrons. The molecule has 20 heavy (non-hydrogen) atoms. The van der Waals surface area contributed by atoms with E-state index in [0.29, 0.717) is 13.1 Å². The third-order valence-electron chi connectivity index (χ3n) is 2.68. The highest BCUT2D eigenvalue weighted by molar-refractivity contribution is 5.87. The highest BCUT2D eigenvalue weighted by Gasteiger charge is 2.23. The first-order chi connectivity index (χ1) is 9.37. The van der Waals surface area contributed by atoms with Crippen molar-refractivity contribution in [2.75, 3.05) is 11.4 Å². The minimum Gasteiger partial charge on any atom is -0.443 e. The third-order valence-corrected chi connectivity index (χ3v) is 2.68. The number of ether oxygens (including phenoxy) is 1. The van der Waals surface area contributed by atoms with Crippen molar-refractivity contribution in [3.63, 3.8) is 0 Å². The molecule has 1 rings (SSSR count). The quantitative estimate of drug-likeness (QED) is 0.899. The van der Waals surface area contributed by atoms with Gasteiger partial charge in [0.25, 0.3) is 0 Å². The first kappa shape index (κ1) is 16.4. The molecule has 0 bridgehead atoms. The lowest BCUT2D eigenvalue weighted by Gasteiger charge is -2.27. The first-order valence-electron chi connectivity index (χ1n) is 7.03. The van der Waals surface area contributed by atoms with Crippen LogP contribution in [-0.2, 0) is 11.3 Å². The second-order valence-electron chi connectivity index (χ2n) is 5.70. The van der Waals surface area contributed by atoms with E-state index in [2.05, 4.69) is 11.9 Å². The van der Waals surface area contributed by atoms with Crippen LogP contribution >= 0.6 is 0 Å². The predicted molar refractivity (Wildman–Crippen MR) is 80.6 cm³/mol. The SMILES string of the molecule is CCCCN(C(=O)OC(C)(C)C)c1ccc(CN)nc1. The molecule has 2 N–H and O–H groups in total. The number of pyridine rings is 1. The Bertz CT molecular complexity index is 424. The third kappa shape index (κ3) is 5.17. The maximum atomic E-state index is 12.3. The number of carbonyl (C=O) groups is 1. The number of nitrogens with zero attached hydrogens (tertiary/aromatic N) is 2. The molecule has 1 aromatic rings. The molecule has 0 unspecified atom stereocenters. The van der Waals surface area contributed by atoms with E-state index in [9.17, 15) is 4.79 Å². The molecule has 0 aliphatic carbocycles. The van der Waals surface area contributed by atoms with Crippen molar-refractivity contribution in [1.82, 2.24) is 4.98 Å². The number of rotatable bonds is 5. The molecule has 0 radical (unpaired) electrons. The normalized spacial score (nSPS) is 11.2. The lowest BCUT2D eigenvalue weighted by Crippen LogP contribution is -2.37. The number of carbonyl (C=O) groups excluding carboxylic acids is 1. The van der Waals surface area contributed by atoms with Gasteiger partial charge in [-0.05, 0) is 39.3 Å². The number of nitrogens with two attached hydrogens (primary N) is 1. The van der Waals surface area contributed by atoms with E-state index in [1.807, 2.05) is 32.9 Å². The van der Waals surface area contributed by atoms with Gasteiger partial charge >= 0.3 is 6.09 Å². The Labute approximate surface area is 121 Å². The van der Waals surface area contributed by atoms with Crippen molar-refractivity contribution in [2.24, 2.45) is 5.73 Å². The van der Waals surface area contributed by atoms with Crippen molar-refractivity contribution in [1.29, 1.82) is 0 Å². The molecule has 0 aliphatic heterocycles. The van der Waals surface area contributed by atoms with Crippen LogP contribution in [0, 0.1) is 0 Å². The molecule has 0 aromatic carbocycles. The summed E-state index contributed by atoms with van der Waals surface area (Å²) in [5.41, 5.74) is 6.56. The zero-order valence-corrected chi connectivity index (χ0v) is 12.8. The van der Waals surface area contributed by atoms with E-state index in [4.69, 9.17) is 10.5 Å². The molecule has 5 nitrogen and oxygen atoms in total. The van der Waals surface area contributed by atoms with Gasteiger partial charge in [0, 0.05) is 13.1 Å². The lowest BCUT2D eigenvalue weighted by molar-refractivity contribution is 0.0580. The van der Waals surface area contributed by atoms with Crippen LogP contribution in [0.1, 0.15) is 46.2 Å². The second-order valence-corrected chi connectivity index (χ2v) is 5.70. The summed E-state index contributed by atoms with van der Waals surface area (Å²) in [6, 6.07) is 3.69. The van der Waals surface area contributed by atoms with E-state index >= 15 is 0 Å². The Kier molecular flexibility index (Phi) is 5.95. The van der Waals surface area contributed by atoms with Gasteiger partial charge in [0.05, 0.1) is 17.6 Å². The maximum Gasteiger partial charge on any atom is 0.414 e. The zero-order valence-electron chi connectivity index (χ0n) is 12.8. The molecule has 0 fully saturated rings. The summed E-state index contributed by atoms with van der Waals surface area (Å²) < 4.78 is 5.44. The van der Waals surface area contributed by atoms with Gasteiger partial charge in [0.2, 0.25) is 0 Å². The molecule has 0 atom stereocenters. The fraction of sp³-hybridized carbons (Fsp3) is 0.600. The van der Waals surface area contributed by atoms with E-state index in [1.165, 1.54) is 0 Å². The van der Waals surface area contributed by atoms with Crippen LogP contribution in [0.5, 0.6) is 0 Å². The van der Waals surface area contributed by atoms with Crippen LogP contribution in [0.2, 0.25) is 0 Å². The zero-order chi connectivity index (χ0) is 15.2. The Hall–Kier alpha value is -1.62. The van der Waals surface area contributed by atoms with Crippen molar-refractivity contribution in [3.05, 3.63) is 24.0 Å². The Morgan fingerprint density at radius 3 is 2.55 bits per heavy atom. The molecule has 5 heteroatoms. The summed E-state index contributed by atoms with van der Waals surface area (Å²) in [5.74, 6) is 0. The second kappa shape index (κ2) is 7.24. The van der Waals surface area contributed by atoms with E-state index in [0.717, 1.165) is 24.2 Å². The Morgan fingerprint density at radius 1 is 1.40 bits per heavy atom. The highest BCUT2D eigenvalue weighted by Crippen LogP contribution is 2.18. The molecule has 0 saturated carbocycles. The van der Waals surface area contributed by atoms with Crippen molar-refractivity contribution >= 4 is 11.8 Å². The largest absolute Gasteiger partial charge is 0.443 e. The van der Waals surface area contributed by atoms with Gasteiger partial charge in [-0.15, -0.1) is 0 Å². The first-order valence-corrected chi connectivity index (χ1v) is 7.03. The van der Waals surface area contributed by atoms with Crippen molar-refractivity contribution < 1.29 is 9.53 Å². The molecular weight excluding hydrogens is 254 g/mol. The van der Waals surface area contributed by atoms with E-state index < -0.39 is 5.60 Å². The monoisotopic (exact) mass is 279 g/mol. The van der Waals surface area contributed by atoms with Crippen LogP contribution in [-0.4, -0.2) is 23.2 Å². The molecule has 0 saturated heterocycles. The van der Waals surface area contributed by atoms with Gasteiger partial charge in [-0.2, -0.15) is 0 Å². The van der Waals surface area contributed by atoms with Gasteiger partial charge in [-0.1, -0.05) is 13.3 Å². The van der Waals surface area contributed by atoms with Gasteiger partial charge in [-0.3, -0.25) is 9.88 Å². The smallest absolute Gasteiger partial charge is 0.414 e. The summed E-state index contributed by atoms with van der Waals surface area (Å²) in [6.45, 7) is 8.68. The van der Waals surface area contributed by atoms with Crippen molar-refractivity contribution in [2.45, 2.75) is 52.7 Å². The summed E-state index contributed by atoms with van der Waals surface area (Å²) in [7, 11) is 0. The molecule has 1 aromatic heterocycles. The molecular formula is C15H25N3O2. The van der Waals surface area contributed by atoms with Gasteiger partial charge < -0.3 is 10.5 Å². The maximum absolute atomic E-state index is 12.3. The number of aromatic nitrogens is 1. The molecule has 0 spiro atoms. The number of amides is 1. The molecule has 0 aliphatic rings. The summed E-state index contributed by atoms with van der Waals surface area (Å²) in [4.78, 5) is 18.1. The number of hydrogen-bond donors (Lipinski definition) is 1. The summed E-state index contributed by atoms with van der Waals surface area (Å²) >= 11 is 0. The van der Waals surface area contributed by atoms with E-state index in [1.54, 1.807) is 11.1 Å². The topological polar surface area (TPSA) is 68.5 Å². The van der Waals surface area contributed by atoms with Crippen molar-refractivity contribution in [3.8, 4) is 0 Å². The number of unbranched alkanes of at least 4 members (excludes halogenated alkanes) is 1. The van der Waals surface area contributed by atoms with Gasteiger partial charge in [0.15, 0.2) is 0 Å².